The molecule has 0 amide bonds. The van der Waals surface area contributed by atoms with Gasteiger partial charge in [0, 0.05) is 11.8 Å². The lowest BCUT2D eigenvalue weighted by Gasteiger charge is -2.14. The number of Topliss-reactive ketones (excluding diaryl/α,β-unsaturated/α-hetero) is 2. The molecule has 0 radical (unpaired) electrons. The fraction of sp³-hybridized carbons (Fsp3) is 0.0833. The number of aliphatic imine (C=N–C) groups is 1. The summed E-state index contributed by atoms with van der Waals surface area (Å²) < 4.78 is 0. The van der Waals surface area contributed by atoms with Crippen LogP contribution in [-0.2, 0) is 4.79 Å². The maximum Gasteiger partial charge on any atom is 0.190 e. The number of ketones is 2. The van der Waals surface area contributed by atoms with E-state index in [4.69, 9.17) is 23.2 Å². The Morgan fingerprint density at radius 1 is 1.24 bits per heavy atom. The number of allylic oxidation sites excluding steroid dienone is 1. The van der Waals surface area contributed by atoms with Crippen molar-refractivity contribution >= 4 is 41.0 Å². The van der Waals surface area contributed by atoms with Crippen LogP contribution in [0.1, 0.15) is 10.4 Å². The van der Waals surface area contributed by atoms with E-state index in [9.17, 15) is 9.59 Å². The highest BCUT2D eigenvalue weighted by atomic mass is 35.5. The summed E-state index contributed by atoms with van der Waals surface area (Å²) in [4.78, 5) is 27.4. The van der Waals surface area contributed by atoms with E-state index in [-0.39, 0.29) is 10.6 Å². The second kappa shape index (κ2) is 4.82. The zero-order valence-electron chi connectivity index (χ0n) is 8.56. The molecular weight excluding hydrogens is 261 g/mol. The summed E-state index contributed by atoms with van der Waals surface area (Å²) >= 11 is 11.7. The molecule has 0 fully saturated rings. The first-order valence-electron chi connectivity index (χ1n) is 4.82. The Balaban J connectivity index is 2.39. The zero-order valence-corrected chi connectivity index (χ0v) is 10.1. The second-order valence-electron chi connectivity index (χ2n) is 3.47. The molecule has 3 nitrogen and oxygen atoms in total. The van der Waals surface area contributed by atoms with Crippen molar-refractivity contribution in [3.63, 3.8) is 0 Å². The fourth-order valence-electron chi connectivity index (χ4n) is 1.54. The van der Waals surface area contributed by atoms with Crippen molar-refractivity contribution in [1.29, 1.82) is 0 Å². The first-order valence-corrected chi connectivity index (χ1v) is 5.58. The Labute approximate surface area is 108 Å². The van der Waals surface area contributed by atoms with Gasteiger partial charge in [0.25, 0.3) is 0 Å². The number of nitrogens with zero attached hydrogens (tertiary/aromatic N) is 1. The van der Waals surface area contributed by atoms with Gasteiger partial charge in [-0.3, -0.25) is 14.6 Å². The standard InChI is InChI=1S/C12H7Cl2NO2/c13-8-4-2-1-3-7(8)12(17)11-9(14)5-15-6-10(11)16/h1-6,11H. The van der Waals surface area contributed by atoms with Gasteiger partial charge in [-0.05, 0) is 12.1 Å². The van der Waals surface area contributed by atoms with Crippen LogP contribution in [-0.4, -0.2) is 17.8 Å². The van der Waals surface area contributed by atoms with Crippen molar-refractivity contribution in [1.82, 2.24) is 0 Å². The number of hydrogen-bond acceptors (Lipinski definition) is 3. The summed E-state index contributed by atoms with van der Waals surface area (Å²) in [6, 6.07) is 6.54. The predicted molar refractivity (Wildman–Crippen MR) is 66.7 cm³/mol. The molecule has 1 heterocycles. The van der Waals surface area contributed by atoms with Gasteiger partial charge in [0.15, 0.2) is 11.6 Å². The fourth-order valence-corrected chi connectivity index (χ4v) is 2.03. The minimum Gasteiger partial charge on any atom is -0.293 e. The van der Waals surface area contributed by atoms with E-state index in [0.29, 0.717) is 5.02 Å². The molecule has 1 aliphatic heterocycles. The molecule has 0 aromatic heterocycles. The number of rotatable bonds is 2. The number of benzene rings is 1. The van der Waals surface area contributed by atoms with Gasteiger partial charge in [-0.2, -0.15) is 0 Å². The van der Waals surface area contributed by atoms with Crippen LogP contribution in [0.2, 0.25) is 5.02 Å². The normalized spacial score (nSPS) is 19.1. The molecule has 17 heavy (non-hydrogen) atoms. The van der Waals surface area contributed by atoms with Crippen molar-refractivity contribution in [2.45, 2.75) is 0 Å². The lowest BCUT2D eigenvalue weighted by Crippen LogP contribution is -2.27. The minimum atomic E-state index is -1.02. The monoisotopic (exact) mass is 267 g/mol. The number of carbonyl (C=O) groups is 2. The van der Waals surface area contributed by atoms with E-state index < -0.39 is 17.5 Å². The molecule has 0 N–H and O–H groups in total. The first-order chi connectivity index (χ1) is 8.11. The highest BCUT2D eigenvalue weighted by Crippen LogP contribution is 2.26. The van der Waals surface area contributed by atoms with Gasteiger partial charge in [0.1, 0.15) is 5.92 Å². The molecule has 86 valence electrons. The van der Waals surface area contributed by atoms with Gasteiger partial charge in [-0.25, -0.2) is 0 Å². The van der Waals surface area contributed by atoms with Crippen LogP contribution in [0.5, 0.6) is 0 Å². The molecule has 1 aliphatic rings. The molecule has 1 aromatic carbocycles. The Hall–Kier alpha value is -1.45. The van der Waals surface area contributed by atoms with E-state index in [1.807, 2.05) is 0 Å². The summed E-state index contributed by atoms with van der Waals surface area (Å²) in [5, 5.41) is 0.416. The minimum absolute atomic E-state index is 0.113. The van der Waals surface area contributed by atoms with E-state index in [2.05, 4.69) is 4.99 Å². The molecule has 0 spiro atoms. The molecule has 1 atom stereocenters. The Morgan fingerprint density at radius 2 is 1.94 bits per heavy atom. The maximum atomic E-state index is 12.1. The molecule has 1 aromatic rings. The molecule has 0 bridgehead atoms. The van der Waals surface area contributed by atoms with Crippen LogP contribution in [0.25, 0.3) is 0 Å². The summed E-state index contributed by atoms with van der Waals surface area (Å²) in [6.45, 7) is 0. The molecule has 0 saturated heterocycles. The van der Waals surface area contributed by atoms with Crippen LogP contribution >= 0.6 is 23.2 Å². The third kappa shape index (κ3) is 2.30. The highest BCUT2D eigenvalue weighted by molar-refractivity contribution is 6.45. The molecule has 5 heteroatoms. The average molecular weight is 268 g/mol. The Bertz CT molecular complexity index is 549. The topological polar surface area (TPSA) is 46.5 Å². The van der Waals surface area contributed by atoms with Crippen molar-refractivity contribution in [2.75, 3.05) is 0 Å². The largest absolute Gasteiger partial charge is 0.293 e. The SMILES string of the molecule is O=C1C=NC=C(Cl)C1C(=O)c1ccccc1Cl. The maximum absolute atomic E-state index is 12.1. The molecule has 1 unspecified atom stereocenters. The summed E-state index contributed by atoms with van der Waals surface area (Å²) in [5.41, 5.74) is 0.286. The van der Waals surface area contributed by atoms with Gasteiger partial charge >= 0.3 is 0 Å². The van der Waals surface area contributed by atoms with Crippen LogP contribution in [0.15, 0.2) is 40.5 Å². The van der Waals surface area contributed by atoms with Gasteiger partial charge < -0.3 is 0 Å². The first kappa shape index (κ1) is 12.0. The van der Waals surface area contributed by atoms with Gasteiger partial charge in [-0.1, -0.05) is 35.3 Å². The Morgan fingerprint density at radius 3 is 2.59 bits per heavy atom. The average Bonchev–Trinajstić information content (AvgIpc) is 2.29. The molecule has 0 aliphatic carbocycles. The van der Waals surface area contributed by atoms with E-state index in [0.717, 1.165) is 6.21 Å². The quantitative estimate of drug-likeness (QED) is 0.611. The van der Waals surface area contributed by atoms with Gasteiger partial charge in [0.05, 0.1) is 16.3 Å². The number of carbonyl (C=O) groups excluding carboxylic acids is 2. The van der Waals surface area contributed by atoms with Crippen LogP contribution in [0.3, 0.4) is 0 Å². The van der Waals surface area contributed by atoms with E-state index in [1.165, 1.54) is 6.20 Å². The third-order valence-corrected chi connectivity index (χ3v) is 3.01. The lowest BCUT2D eigenvalue weighted by molar-refractivity contribution is -0.113. The highest BCUT2D eigenvalue weighted by Gasteiger charge is 2.32. The van der Waals surface area contributed by atoms with Crippen molar-refractivity contribution in [2.24, 2.45) is 10.9 Å². The zero-order chi connectivity index (χ0) is 12.4. The Kier molecular flexibility index (Phi) is 3.41. The van der Waals surface area contributed by atoms with Crippen LogP contribution < -0.4 is 0 Å². The van der Waals surface area contributed by atoms with Crippen molar-refractivity contribution in [3.05, 3.63) is 46.1 Å². The summed E-state index contributed by atoms with van der Waals surface area (Å²) in [5.74, 6) is -1.86. The van der Waals surface area contributed by atoms with Crippen LogP contribution in [0.4, 0.5) is 0 Å². The number of halogens is 2. The van der Waals surface area contributed by atoms with Gasteiger partial charge in [0.2, 0.25) is 0 Å². The predicted octanol–water partition coefficient (Wildman–Crippen LogP) is 2.87. The third-order valence-electron chi connectivity index (χ3n) is 2.36. The van der Waals surface area contributed by atoms with E-state index >= 15 is 0 Å². The second-order valence-corrected chi connectivity index (χ2v) is 4.32. The van der Waals surface area contributed by atoms with E-state index in [1.54, 1.807) is 24.3 Å². The smallest absolute Gasteiger partial charge is 0.190 e. The summed E-state index contributed by atoms with van der Waals surface area (Å²) in [6.07, 6.45) is 2.38. The van der Waals surface area contributed by atoms with Crippen molar-refractivity contribution in [3.8, 4) is 0 Å². The van der Waals surface area contributed by atoms with Crippen molar-refractivity contribution < 1.29 is 9.59 Å². The molecule has 2 rings (SSSR count). The molecule has 0 saturated carbocycles. The lowest BCUT2D eigenvalue weighted by atomic mass is 9.93. The number of hydrogen-bond donors (Lipinski definition) is 0. The van der Waals surface area contributed by atoms with Crippen LogP contribution in [0, 0.1) is 5.92 Å². The summed E-state index contributed by atoms with van der Waals surface area (Å²) in [7, 11) is 0. The molecular formula is C12H7Cl2NO2. The van der Waals surface area contributed by atoms with Gasteiger partial charge in [-0.15, -0.1) is 0 Å².